The van der Waals surface area contributed by atoms with Crippen molar-refractivity contribution in [1.82, 2.24) is 19.5 Å². The maximum absolute atomic E-state index is 5.52. The summed E-state index contributed by atoms with van der Waals surface area (Å²) in [5.74, 6) is 0. The molecule has 0 aromatic carbocycles. The Balaban J connectivity index is 2.11. The van der Waals surface area contributed by atoms with Crippen LogP contribution in [0.5, 0.6) is 0 Å². The van der Waals surface area contributed by atoms with Crippen molar-refractivity contribution in [3.8, 4) is 0 Å². The van der Waals surface area contributed by atoms with E-state index in [9.17, 15) is 0 Å². The molecule has 5 heterocycles. The van der Waals surface area contributed by atoms with Gasteiger partial charge in [-0.15, -0.1) is 0 Å². The van der Waals surface area contributed by atoms with Gasteiger partial charge in [-0.25, -0.2) is 9.97 Å². The van der Waals surface area contributed by atoms with Crippen molar-refractivity contribution in [2.45, 2.75) is 93.5 Å². The van der Waals surface area contributed by atoms with Crippen LogP contribution < -0.4 is 0 Å². The quantitative estimate of drug-likeness (QED) is 0.272. The van der Waals surface area contributed by atoms with Gasteiger partial charge in [-0.3, -0.25) is 0 Å². The molecule has 0 aliphatic carbocycles. The molecule has 2 aliphatic rings. The van der Waals surface area contributed by atoms with Crippen LogP contribution in [0.15, 0.2) is 24.3 Å². The first-order valence-electron chi connectivity index (χ1n) is 14.7. The molecule has 5 rings (SSSR count). The van der Waals surface area contributed by atoms with Crippen LogP contribution in [0.2, 0.25) is 0 Å². The molecular weight excluding hydrogens is 464 g/mol. The Morgan fingerprint density at radius 1 is 0.632 bits per heavy atom. The molecule has 0 spiro atoms. The number of aryl methyl sites for hydroxylation is 4. The van der Waals surface area contributed by atoms with Crippen LogP contribution in [0.3, 0.4) is 0 Å². The molecule has 2 aliphatic heterocycles. The summed E-state index contributed by atoms with van der Waals surface area (Å²) in [6, 6.07) is 8.84. The van der Waals surface area contributed by atoms with Gasteiger partial charge in [0, 0.05) is 34.2 Å². The van der Waals surface area contributed by atoms with Crippen LogP contribution in [0.1, 0.15) is 106 Å². The van der Waals surface area contributed by atoms with Crippen molar-refractivity contribution < 1.29 is 0 Å². The largest absolute Gasteiger partial charge is 0.355 e. The molecule has 3 aromatic rings. The number of aromatic amines is 1. The van der Waals surface area contributed by atoms with Crippen molar-refractivity contribution in [2.75, 3.05) is 0 Å². The third kappa shape index (κ3) is 4.15. The van der Waals surface area contributed by atoms with Gasteiger partial charge in [0.1, 0.15) is 0 Å². The Hall–Kier alpha value is -3.40. The highest BCUT2D eigenvalue weighted by Crippen LogP contribution is 2.40. The number of H-pyrrole nitrogens is 1. The predicted molar refractivity (Wildman–Crippen MR) is 164 cm³/mol. The third-order valence-electron chi connectivity index (χ3n) is 8.27. The van der Waals surface area contributed by atoms with Crippen molar-refractivity contribution in [3.63, 3.8) is 0 Å². The van der Waals surface area contributed by atoms with Crippen LogP contribution in [-0.2, 0) is 32.2 Å². The van der Waals surface area contributed by atoms with Crippen LogP contribution in [-0.4, -0.2) is 19.5 Å². The molecule has 8 bridgehead atoms. The summed E-state index contributed by atoms with van der Waals surface area (Å²) in [5, 5.41) is 0. The molecule has 0 fully saturated rings. The molecule has 0 radical (unpaired) electrons. The number of aromatic nitrogens is 4. The molecule has 0 atom stereocenters. The van der Waals surface area contributed by atoms with Gasteiger partial charge in [-0.1, -0.05) is 41.5 Å². The maximum Gasteiger partial charge on any atom is 0.0725 e. The lowest BCUT2D eigenvalue weighted by molar-refractivity contribution is 0.815. The van der Waals surface area contributed by atoms with Crippen molar-refractivity contribution >= 4 is 45.4 Å². The van der Waals surface area contributed by atoms with Gasteiger partial charge in [0.25, 0.3) is 0 Å². The van der Waals surface area contributed by atoms with Gasteiger partial charge >= 0.3 is 0 Å². The Morgan fingerprint density at radius 3 is 1.82 bits per heavy atom. The normalized spacial score (nSPS) is 13.1. The summed E-state index contributed by atoms with van der Waals surface area (Å²) in [5.41, 5.74) is 17.7. The zero-order valence-electron chi connectivity index (χ0n) is 24.3. The zero-order chi connectivity index (χ0) is 27.0. The van der Waals surface area contributed by atoms with Crippen molar-refractivity contribution in [2.24, 2.45) is 0 Å². The molecule has 4 heteroatoms. The number of nitrogens with one attached hydrogen (secondary N) is 1. The smallest absolute Gasteiger partial charge is 0.0725 e. The molecule has 38 heavy (non-hydrogen) atoms. The molecular formula is C34H42N4. The number of fused-ring (bicyclic) bond motifs is 8. The fourth-order valence-corrected chi connectivity index (χ4v) is 6.60. The highest BCUT2D eigenvalue weighted by Gasteiger charge is 2.26. The summed E-state index contributed by atoms with van der Waals surface area (Å²) in [6.07, 6.45) is 10.1. The average Bonchev–Trinajstić information content (AvgIpc) is 3.70. The van der Waals surface area contributed by atoms with Gasteiger partial charge in [0.05, 0.1) is 28.3 Å². The SMILES string of the molecule is CCC1=C(CC)c2nc1c(CC)c1nc(cc3ccc(cc4c(CC)c(CC)c(c2CC)n4CC)[nH]3)C=C1. The molecule has 1 N–H and O–H groups in total. The van der Waals surface area contributed by atoms with Crippen LogP contribution >= 0.6 is 0 Å². The van der Waals surface area contributed by atoms with E-state index in [4.69, 9.17) is 9.97 Å². The molecule has 0 unspecified atom stereocenters. The zero-order valence-corrected chi connectivity index (χ0v) is 24.3. The number of rotatable bonds is 7. The molecule has 4 nitrogen and oxygen atoms in total. The Kier molecular flexibility index (Phi) is 7.43. The van der Waals surface area contributed by atoms with E-state index in [2.05, 4.69) is 94.4 Å². The van der Waals surface area contributed by atoms with E-state index in [1.165, 1.54) is 50.1 Å². The van der Waals surface area contributed by atoms with E-state index < -0.39 is 0 Å². The number of hydrogen-bond acceptors (Lipinski definition) is 2. The summed E-state index contributed by atoms with van der Waals surface area (Å²) in [4.78, 5) is 14.2. The van der Waals surface area contributed by atoms with Crippen molar-refractivity contribution in [1.29, 1.82) is 0 Å². The van der Waals surface area contributed by atoms with Crippen LogP contribution in [0.25, 0.3) is 45.4 Å². The van der Waals surface area contributed by atoms with E-state index in [1.807, 2.05) is 0 Å². The highest BCUT2D eigenvalue weighted by atomic mass is 15.0. The van der Waals surface area contributed by atoms with Gasteiger partial charge in [0.2, 0.25) is 0 Å². The second-order valence-electron chi connectivity index (χ2n) is 10.2. The standard InChI is InChI=1S/C34H42N4/c1-8-24-27(11-4)34-29(13-6)33-26(10-3)25(9-2)32(37-33)28(12-5)30-18-17-22(36-30)19-21-15-16-23(35-21)20-31(24)38(34)14-7/h15-20,35H,8-14H2,1-7H3. The van der Waals surface area contributed by atoms with Crippen LogP contribution in [0, 0.1) is 0 Å². The first kappa shape index (κ1) is 26.2. The molecule has 0 saturated heterocycles. The highest BCUT2D eigenvalue weighted by molar-refractivity contribution is 5.96. The monoisotopic (exact) mass is 506 g/mol. The number of allylic oxidation sites excluding steroid dienone is 2. The minimum absolute atomic E-state index is 0.905. The fourth-order valence-electron chi connectivity index (χ4n) is 6.60. The average molecular weight is 507 g/mol. The molecule has 3 aromatic heterocycles. The van der Waals surface area contributed by atoms with Gasteiger partial charge in [-0.2, -0.15) is 0 Å². The van der Waals surface area contributed by atoms with E-state index in [-0.39, 0.29) is 0 Å². The first-order chi connectivity index (χ1) is 18.5. The second kappa shape index (κ2) is 10.8. The third-order valence-corrected chi connectivity index (χ3v) is 8.27. The minimum atomic E-state index is 0.905. The Morgan fingerprint density at radius 2 is 1.24 bits per heavy atom. The summed E-state index contributed by atoms with van der Waals surface area (Å²) in [6.45, 7) is 16.9. The van der Waals surface area contributed by atoms with Crippen LogP contribution in [0.4, 0.5) is 0 Å². The first-order valence-corrected chi connectivity index (χ1v) is 14.7. The lowest BCUT2D eigenvalue weighted by atomic mass is 9.94. The van der Waals surface area contributed by atoms with Gasteiger partial charge < -0.3 is 9.55 Å². The minimum Gasteiger partial charge on any atom is -0.355 e. The predicted octanol–water partition coefficient (Wildman–Crippen LogP) is 8.96. The maximum atomic E-state index is 5.52. The summed E-state index contributed by atoms with van der Waals surface area (Å²) >= 11 is 0. The summed E-state index contributed by atoms with van der Waals surface area (Å²) in [7, 11) is 0. The number of nitrogens with zero attached hydrogens (tertiary/aromatic N) is 3. The lowest BCUT2D eigenvalue weighted by Gasteiger charge is -2.11. The Labute approximate surface area is 227 Å². The second-order valence-corrected chi connectivity index (χ2v) is 10.2. The molecule has 0 amide bonds. The van der Waals surface area contributed by atoms with E-state index in [0.29, 0.717) is 0 Å². The van der Waals surface area contributed by atoms with E-state index >= 15 is 0 Å². The number of hydrogen-bond donors (Lipinski definition) is 1. The lowest BCUT2D eigenvalue weighted by Crippen LogP contribution is -2.00. The molecule has 0 saturated carbocycles. The topological polar surface area (TPSA) is 46.5 Å². The van der Waals surface area contributed by atoms with E-state index in [1.54, 1.807) is 0 Å². The molecule has 198 valence electrons. The fraction of sp³-hybridized carbons (Fsp3) is 0.412. The summed E-state index contributed by atoms with van der Waals surface area (Å²) < 4.78 is 2.56. The van der Waals surface area contributed by atoms with Gasteiger partial charge in [-0.05, 0) is 104 Å². The van der Waals surface area contributed by atoms with Crippen molar-refractivity contribution in [3.05, 3.63) is 69.3 Å². The Bertz CT molecular complexity index is 1610. The van der Waals surface area contributed by atoms with Gasteiger partial charge in [0.15, 0.2) is 0 Å². The van der Waals surface area contributed by atoms with E-state index in [0.717, 1.165) is 73.2 Å².